The summed E-state index contributed by atoms with van der Waals surface area (Å²) >= 11 is 0. The molecule has 128 valence electrons. The summed E-state index contributed by atoms with van der Waals surface area (Å²) < 4.78 is 4.95. The van der Waals surface area contributed by atoms with Crippen LogP contribution in [0.15, 0.2) is 30.3 Å². The average Bonchev–Trinajstić information content (AvgIpc) is 2.57. The van der Waals surface area contributed by atoms with E-state index in [2.05, 4.69) is 29.3 Å². The van der Waals surface area contributed by atoms with Crippen LogP contribution in [0.4, 0.5) is 0 Å². The quantitative estimate of drug-likeness (QED) is 0.800. The molecule has 1 fully saturated rings. The van der Waals surface area contributed by atoms with Crippen molar-refractivity contribution in [2.75, 3.05) is 33.4 Å². The first kappa shape index (κ1) is 17.9. The molecular weight excluding hydrogens is 290 g/mol. The Kier molecular flexibility index (Phi) is 7.02. The molecule has 3 N–H and O–H groups in total. The number of nitrogens with one attached hydrogen (secondary N) is 1. The van der Waals surface area contributed by atoms with Crippen molar-refractivity contribution in [1.82, 2.24) is 10.2 Å². The van der Waals surface area contributed by atoms with Crippen molar-refractivity contribution in [1.29, 1.82) is 0 Å². The van der Waals surface area contributed by atoms with Gasteiger partial charge in [-0.3, -0.25) is 9.69 Å². The van der Waals surface area contributed by atoms with Crippen LogP contribution in [-0.4, -0.2) is 50.2 Å². The van der Waals surface area contributed by atoms with Gasteiger partial charge in [0.2, 0.25) is 5.91 Å². The fourth-order valence-electron chi connectivity index (χ4n) is 3.06. The van der Waals surface area contributed by atoms with E-state index in [1.54, 1.807) is 7.11 Å². The zero-order valence-corrected chi connectivity index (χ0v) is 14.2. The molecule has 23 heavy (non-hydrogen) atoms. The van der Waals surface area contributed by atoms with Crippen molar-refractivity contribution in [2.24, 2.45) is 11.7 Å². The van der Waals surface area contributed by atoms with Gasteiger partial charge in [0.15, 0.2) is 0 Å². The molecule has 0 aromatic heterocycles. The van der Waals surface area contributed by atoms with Crippen molar-refractivity contribution in [3.63, 3.8) is 0 Å². The van der Waals surface area contributed by atoms with Gasteiger partial charge >= 0.3 is 0 Å². The molecule has 2 rings (SSSR count). The third-order valence-electron chi connectivity index (χ3n) is 4.60. The molecule has 1 amide bonds. The highest BCUT2D eigenvalue weighted by Crippen LogP contribution is 2.26. The van der Waals surface area contributed by atoms with E-state index in [4.69, 9.17) is 10.5 Å². The van der Waals surface area contributed by atoms with Gasteiger partial charge in [-0.15, -0.1) is 0 Å². The van der Waals surface area contributed by atoms with E-state index >= 15 is 0 Å². The summed E-state index contributed by atoms with van der Waals surface area (Å²) in [5, 5.41) is 2.99. The number of hydrogen-bond acceptors (Lipinski definition) is 4. The zero-order valence-electron chi connectivity index (χ0n) is 14.2. The lowest BCUT2D eigenvalue weighted by atomic mass is 9.95. The second-order valence-electron chi connectivity index (χ2n) is 6.45. The zero-order chi connectivity index (χ0) is 16.7. The monoisotopic (exact) mass is 319 g/mol. The van der Waals surface area contributed by atoms with Crippen LogP contribution in [0.2, 0.25) is 0 Å². The van der Waals surface area contributed by atoms with Gasteiger partial charge in [0.1, 0.15) is 6.04 Å². The summed E-state index contributed by atoms with van der Waals surface area (Å²) in [6.45, 7) is 5.26. The van der Waals surface area contributed by atoms with Gasteiger partial charge in [0.25, 0.3) is 0 Å². The first-order valence-electron chi connectivity index (χ1n) is 8.43. The predicted molar refractivity (Wildman–Crippen MR) is 92.0 cm³/mol. The topological polar surface area (TPSA) is 67.6 Å². The number of carbonyl (C=O) groups is 1. The third kappa shape index (κ3) is 5.30. The Labute approximate surface area is 139 Å². The minimum Gasteiger partial charge on any atom is -0.383 e. The van der Waals surface area contributed by atoms with Gasteiger partial charge < -0.3 is 15.8 Å². The lowest BCUT2D eigenvalue weighted by Gasteiger charge is -2.37. The molecule has 2 atom stereocenters. The summed E-state index contributed by atoms with van der Waals surface area (Å²) in [6.07, 6.45) is 2.42. The van der Waals surface area contributed by atoms with Gasteiger partial charge in [-0.05, 0) is 37.4 Å². The number of carbonyl (C=O) groups excluding carboxylic acids is 1. The van der Waals surface area contributed by atoms with E-state index in [-0.39, 0.29) is 18.6 Å². The van der Waals surface area contributed by atoms with Crippen LogP contribution in [0.5, 0.6) is 0 Å². The smallest absolute Gasteiger partial charge is 0.239 e. The maximum absolute atomic E-state index is 12.1. The fourth-order valence-corrected chi connectivity index (χ4v) is 3.06. The molecule has 1 aliphatic rings. The molecule has 5 nitrogen and oxygen atoms in total. The van der Waals surface area contributed by atoms with E-state index in [1.807, 2.05) is 18.2 Å². The SMILES string of the molecule is COCC(N)C(=O)NCC(c1ccccc1)N1CCC(C)CC1. The van der Waals surface area contributed by atoms with Crippen molar-refractivity contribution in [3.8, 4) is 0 Å². The molecule has 1 aromatic rings. The molecule has 1 aliphatic heterocycles. The second-order valence-corrected chi connectivity index (χ2v) is 6.45. The van der Waals surface area contributed by atoms with Crippen molar-refractivity contribution in [3.05, 3.63) is 35.9 Å². The Morgan fingerprint density at radius 2 is 2.00 bits per heavy atom. The molecule has 2 unspecified atom stereocenters. The molecule has 0 aliphatic carbocycles. The Morgan fingerprint density at radius 3 is 2.61 bits per heavy atom. The van der Waals surface area contributed by atoms with Gasteiger partial charge in [0.05, 0.1) is 12.6 Å². The molecule has 0 bridgehead atoms. The van der Waals surface area contributed by atoms with E-state index in [0.29, 0.717) is 6.54 Å². The fraction of sp³-hybridized carbons (Fsp3) is 0.611. The number of piperidine rings is 1. The minimum absolute atomic E-state index is 0.154. The number of hydrogen-bond donors (Lipinski definition) is 2. The van der Waals surface area contributed by atoms with Gasteiger partial charge in [-0.1, -0.05) is 37.3 Å². The van der Waals surface area contributed by atoms with E-state index < -0.39 is 6.04 Å². The summed E-state index contributed by atoms with van der Waals surface area (Å²) in [4.78, 5) is 14.5. The minimum atomic E-state index is -0.613. The first-order valence-corrected chi connectivity index (χ1v) is 8.43. The van der Waals surface area contributed by atoms with Crippen LogP contribution in [0, 0.1) is 5.92 Å². The summed E-state index contributed by atoms with van der Waals surface area (Å²) in [5.41, 5.74) is 7.04. The van der Waals surface area contributed by atoms with Crippen LogP contribution < -0.4 is 11.1 Å². The lowest BCUT2D eigenvalue weighted by Crippen LogP contribution is -2.47. The first-order chi connectivity index (χ1) is 11.1. The number of likely N-dealkylation sites (tertiary alicyclic amines) is 1. The number of methoxy groups -OCH3 is 1. The lowest BCUT2D eigenvalue weighted by molar-refractivity contribution is -0.123. The van der Waals surface area contributed by atoms with E-state index in [0.717, 1.165) is 19.0 Å². The molecule has 1 heterocycles. The number of rotatable bonds is 7. The number of benzene rings is 1. The largest absolute Gasteiger partial charge is 0.383 e. The number of ether oxygens (including phenoxy) is 1. The molecule has 0 spiro atoms. The molecule has 1 aromatic carbocycles. The second kappa shape index (κ2) is 9.01. The molecule has 5 heteroatoms. The summed E-state index contributed by atoms with van der Waals surface area (Å²) in [6, 6.07) is 9.96. The standard InChI is InChI=1S/C18H29N3O2/c1-14-8-10-21(11-9-14)17(15-6-4-3-5-7-15)12-20-18(22)16(19)13-23-2/h3-7,14,16-17H,8-13,19H2,1-2H3,(H,20,22). The van der Waals surface area contributed by atoms with Gasteiger partial charge in [-0.25, -0.2) is 0 Å². The van der Waals surface area contributed by atoms with Crippen LogP contribution in [-0.2, 0) is 9.53 Å². The van der Waals surface area contributed by atoms with Crippen molar-refractivity contribution >= 4 is 5.91 Å². The van der Waals surface area contributed by atoms with Crippen LogP contribution in [0.1, 0.15) is 31.4 Å². The number of nitrogens with two attached hydrogens (primary N) is 1. The highest BCUT2D eigenvalue weighted by atomic mass is 16.5. The van der Waals surface area contributed by atoms with E-state index in [9.17, 15) is 4.79 Å². The average molecular weight is 319 g/mol. The number of amides is 1. The highest BCUT2D eigenvalue weighted by Gasteiger charge is 2.25. The highest BCUT2D eigenvalue weighted by molar-refractivity contribution is 5.81. The Hall–Kier alpha value is -1.43. The Bertz CT molecular complexity index is 472. The molecule has 0 radical (unpaired) electrons. The van der Waals surface area contributed by atoms with Crippen molar-refractivity contribution in [2.45, 2.75) is 31.8 Å². The van der Waals surface area contributed by atoms with Crippen LogP contribution >= 0.6 is 0 Å². The normalized spacial score (nSPS) is 19.3. The summed E-state index contributed by atoms with van der Waals surface area (Å²) in [5.74, 6) is 0.630. The third-order valence-corrected chi connectivity index (χ3v) is 4.60. The van der Waals surface area contributed by atoms with Crippen LogP contribution in [0.3, 0.4) is 0 Å². The van der Waals surface area contributed by atoms with Gasteiger partial charge in [0, 0.05) is 13.7 Å². The maximum atomic E-state index is 12.1. The predicted octanol–water partition coefficient (Wildman–Crippen LogP) is 1.55. The molecular formula is C18H29N3O2. The Morgan fingerprint density at radius 1 is 1.35 bits per heavy atom. The van der Waals surface area contributed by atoms with E-state index in [1.165, 1.54) is 18.4 Å². The van der Waals surface area contributed by atoms with Gasteiger partial charge in [-0.2, -0.15) is 0 Å². The van der Waals surface area contributed by atoms with Crippen molar-refractivity contribution < 1.29 is 9.53 Å². The number of nitrogens with zero attached hydrogens (tertiary/aromatic N) is 1. The molecule has 0 saturated carbocycles. The maximum Gasteiger partial charge on any atom is 0.239 e. The summed E-state index contributed by atoms with van der Waals surface area (Å²) in [7, 11) is 1.55. The van der Waals surface area contributed by atoms with Crippen LogP contribution in [0.25, 0.3) is 0 Å². The molecule has 1 saturated heterocycles. The Balaban J connectivity index is 2.01.